The van der Waals surface area contributed by atoms with E-state index in [0.29, 0.717) is 18.1 Å². The van der Waals surface area contributed by atoms with Crippen molar-refractivity contribution in [1.82, 2.24) is 4.98 Å². The Hall–Kier alpha value is -1.56. The van der Waals surface area contributed by atoms with Crippen molar-refractivity contribution < 1.29 is 4.74 Å². The average molecular weight is 190 g/mol. The van der Waals surface area contributed by atoms with Crippen molar-refractivity contribution in [2.45, 2.75) is 20.8 Å². The van der Waals surface area contributed by atoms with Gasteiger partial charge in [0.25, 0.3) is 0 Å². The maximum absolute atomic E-state index is 8.76. The predicted octanol–water partition coefficient (Wildman–Crippen LogP) is 2.38. The number of nitrogens with zero attached hydrogens (tertiary/aromatic N) is 2. The molecule has 0 aliphatic rings. The highest BCUT2D eigenvalue weighted by Crippen LogP contribution is 2.19. The molecule has 14 heavy (non-hydrogen) atoms. The normalized spacial score (nSPS) is 10.7. The molecule has 3 heteroatoms. The summed E-state index contributed by atoms with van der Waals surface area (Å²) in [6.45, 7) is 6.81. The molecule has 0 radical (unpaired) electrons. The topological polar surface area (TPSA) is 45.9 Å². The first-order valence-corrected chi connectivity index (χ1v) is 4.51. The summed E-state index contributed by atoms with van der Waals surface area (Å²) in [5.41, 5.74) is 0.430. The van der Waals surface area contributed by atoms with Gasteiger partial charge in [-0.05, 0) is 17.5 Å². The summed E-state index contributed by atoms with van der Waals surface area (Å²) >= 11 is 0. The number of nitriles is 1. The number of hydrogen-bond acceptors (Lipinski definition) is 3. The fourth-order valence-electron chi connectivity index (χ4n) is 0.885. The lowest BCUT2D eigenvalue weighted by atomic mass is 9.99. The highest BCUT2D eigenvalue weighted by atomic mass is 16.5. The van der Waals surface area contributed by atoms with E-state index in [2.05, 4.69) is 25.8 Å². The Balaban J connectivity index is 2.73. The predicted molar refractivity (Wildman–Crippen MR) is 53.9 cm³/mol. The minimum absolute atomic E-state index is 0.0859. The Morgan fingerprint density at radius 2 is 2.21 bits per heavy atom. The van der Waals surface area contributed by atoms with Gasteiger partial charge in [0.1, 0.15) is 6.07 Å². The van der Waals surface area contributed by atoms with Crippen molar-refractivity contribution >= 4 is 0 Å². The van der Waals surface area contributed by atoms with Crippen LogP contribution in [-0.2, 0) is 0 Å². The van der Waals surface area contributed by atoms with Crippen LogP contribution in [-0.4, -0.2) is 11.6 Å². The van der Waals surface area contributed by atoms with Gasteiger partial charge >= 0.3 is 0 Å². The molecule has 0 atom stereocenters. The third-order valence-corrected chi connectivity index (χ3v) is 1.54. The number of aromatic nitrogens is 1. The molecule has 0 N–H and O–H groups in total. The standard InChI is InChI=1S/C11H14N2O/c1-11(2,3)8-14-10-5-4-6-13-9(10)7-12/h4-6H,8H2,1-3H3. The highest BCUT2D eigenvalue weighted by Gasteiger charge is 2.12. The third kappa shape index (κ3) is 3.06. The van der Waals surface area contributed by atoms with Crippen molar-refractivity contribution in [3.63, 3.8) is 0 Å². The molecule has 1 rings (SSSR count). The maximum Gasteiger partial charge on any atom is 0.182 e. The number of hydrogen-bond donors (Lipinski definition) is 0. The zero-order chi connectivity index (χ0) is 10.6. The van der Waals surface area contributed by atoms with Crippen LogP contribution in [0.2, 0.25) is 0 Å². The van der Waals surface area contributed by atoms with Crippen molar-refractivity contribution in [2.75, 3.05) is 6.61 Å². The summed E-state index contributed by atoms with van der Waals surface area (Å²) in [7, 11) is 0. The van der Waals surface area contributed by atoms with Crippen molar-refractivity contribution in [2.24, 2.45) is 5.41 Å². The van der Waals surface area contributed by atoms with E-state index in [4.69, 9.17) is 10.00 Å². The van der Waals surface area contributed by atoms with Crippen LogP contribution in [0.15, 0.2) is 18.3 Å². The van der Waals surface area contributed by atoms with E-state index in [1.807, 2.05) is 6.07 Å². The minimum Gasteiger partial charge on any atom is -0.490 e. The van der Waals surface area contributed by atoms with E-state index in [9.17, 15) is 0 Å². The largest absolute Gasteiger partial charge is 0.490 e. The molecular formula is C11H14N2O. The lowest BCUT2D eigenvalue weighted by molar-refractivity contribution is 0.197. The Kier molecular flexibility index (Phi) is 3.08. The van der Waals surface area contributed by atoms with Gasteiger partial charge in [-0.3, -0.25) is 0 Å². The molecule has 0 aliphatic carbocycles. The quantitative estimate of drug-likeness (QED) is 0.719. The molecule has 0 fully saturated rings. The Morgan fingerprint density at radius 1 is 1.50 bits per heavy atom. The van der Waals surface area contributed by atoms with Gasteiger partial charge < -0.3 is 4.74 Å². The Morgan fingerprint density at radius 3 is 2.79 bits per heavy atom. The second kappa shape index (κ2) is 4.10. The van der Waals surface area contributed by atoms with Gasteiger partial charge in [-0.15, -0.1) is 0 Å². The summed E-state index contributed by atoms with van der Waals surface area (Å²) in [6.07, 6.45) is 1.59. The molecule has 0 unspecified atom stereocenters. The first kappa shape index (κ1) is 10.5. The van der Waals surface area contributed by atoms with Gasteiger partial charge in [-0.2, -0.15) is 5.26 Å². The number of rotatable bonds is 2. The Bertz CT molecular complexity index is 347. The number of pyridine rings is 1. The van der Waals surface area contributed by atoms with Gasteiger partial charge in [0.15, 0.2) is 11.4 Å². The lowest BCUT2D eigenvalue weighted by Crippen LogP contribution is -2.17. The van der Waals surface area contributed by atoms with Crippen LogP contribution in [0.5, 0.6) is 5.75 Å². The molecule has 1 heterocycles. The summed E-state index contributed by atoms with van der Waals surface area (Å²) in [5, 5.41) is 8.76. The fourth-order valence-corrected chi connectivity index (χ4v) is 0.885. The zero-order valence-corrected chi connectivity index (χ0v) is 8.74. The van der Waals surface area contributed by atoms with Gasteiger partial charge in [-0.1, -0.05) is 20.8 Å². The van der Waals surface area contributed by atoms with Gasteiger partial charge in [0.05, 0.1) is 6.61 Å². The average Bonchev–Trinajstić information content (AvgIpc) is 2.14. The van der Waals surface area contributed by atoms with Crippen LogP contribution in [0.3, 0.4) is 0 Å². The second-order valence-electron chi connectivity index (χ2n) is 4.31. The first-order chi connectivity index (χ1) is 6.53. The smallest absolute Gasteiger partial charge is 0.182 e. The summed E-state index contributed by atoms with van der Waals surface area (Å²) in [4.78, 5) is 3.91. The highest BCUT2D eigenvalue weighted by molar-refractivity contribution is 5.36. The van der Waals surface area contributed by atoms with Crippen LogP contribution in [0, 0.1) is 16.7 Å². The molecule has 0 aromatic carbocycles. The monoisotopic (exact) mass is 190 g/mol. The maximum atomic E-state index is 8.76. The van der Waals surface area contributed by atoms with Gasteiger partial charge in [-0.25, -0.2) is 4.98 Å². The second-order valence-corrected chi connectivity index (χ2v) is 4.31. The van der Waals surface area contributed by atoms with E-state index in [0.717, 1.165) is 0 Å². The molecule has 0 amide bonds. The first-order valence-electron chi connectivity index (χ1n) is 4.51. The van der Waals surface area contributed by atoms with Gasteiger partial charge in [0, 0.05) is 6.20 Å². The Labute approximate surface area is 84.3 Å². The number of ether oxygens (including phenoxy) is 1. The lowest BCUT2D eigenvalue weighted by Gasteiger charge is -2.18. The molecule has 3 nitrogen and oxygen atoms in total. The molecular weight excluding hydrogens is 176 g/mol. The van der Waals surface area contributed by atoms with E-state index >= 15 is 0 Å². The molecule has 0 aliphatic heterocycles. The summed E-state index contributed by atoms with van der Waals surface area (Å²) in [6, 6.07) is 5.52. The molecule has 0 bridgehead atoms. The van der Waals surface area contributed by atoms with Crippen molar-refractivity contribution in [3.05, 3.63) is 24.0 Å². The summed E-state index contributed by atoms with van der Waals surface area (Å²) in [5.74, 6) is 0.560. The molecule has 1 aromatic rings. The van der Waals surface area contributed by atoms with Crippen LogP contribution in [0.25, 0.3) is 0 Å². The zero-order valence-electron chi connectivity index (χ0n) is 8.74. The minimum atomic E-state index is 0.0859. The molecule has 0 saturated heterocycles. The molecule has 0 saturated carbocycles. The van der Waals surface area contributed by atoms with Crippen LogP contribution < -0.4 is 4.74 Å². The summed E-state index contributed by atoms with van der Waals surface area (Å²) < 4.78 is 5.51. The van der Waals surface area contributed by atoms with E-state index in [1.54, 1.807) is 18.3 Å². The van der Waals surface area contributed by atoms with Crippen molar-refractivity contribution in [3.8, 4) is 11.8 Å². The van der Waals surface area contributed by atoms with E-state index in [-0.39, 0.29) is 5.41 Å². The van der Waals surface area contributed by atoms with Crippen LogP contribution in [0.1, 0.15) is 26.5 Å². The third-order valence-electron chi connectivity index (χ3n) is 1.54. The van der Waals surface area contributed by atoms with E-state index in [1.165, 1.54) is 0 Å². The molecule has 1 aromatic heterocycles. The van der Waals surface area contributed by atoms with Crippen molar-refractivity contribution in [1.29, 1.82) is 5.26 Å². The molecule has 0 spiro atoms. The molecule has 74 valence electrons. The van der Waals surface area contributed by atoms with Crippen LogP contribution >= 0.6 is 0 Å². The van der Waals surface area contributed by atoms with Gasteiger partial charge in [0.2, 0.25) is 0 Å². The van der Waals surface area contributed by atoms with E-state index < -0.39 is 0 Å². The van der Waals surface area contributed by atoms with Crippen LogP contribution in [0.4, 0.5) is 0 Å². The SMILES string of the molecule is CC(C)(C)COc1cccnc1C#N. The fraction of sp³-hybridized carbons (Fsp3) is 0.455.